The number of carbonyl (C=O) groups is 1. The monoisotopic (exact) mass is 292 g/mol. The molecule has 0 saturated carbocycles. The van der Waals surface area contributed by atoms with Crippen LogP contribution in [0.15, 0.2) is 18.2 Å². The first-order chi connectivity index (χ1) is 6.19. The van der Waals surface area contributed by atoms with Crippen LogP contribution in [0.2, 0.25) is 0 Å². The first-order valence-electron chi connectivity index (χ1n) is 3.53. The number of halogens is 1. The van der Waals surface area contributed by atoms with Crippen LogP contribution in [-0.2, 0) is 0 Å². The van der Waals surface area contributed by atoms with Crippen molar-refractivity contribution in [2.24, 2.45) is 5.84 Å². The fourth-order valence-electron chi connectivity index (χ4n) is 0.891. The molecule has 0 aliphatic heterocycles. The van der Waals surface area contributed by atoms with Crippen molar-refractivity contribution in [1.82, 2.24) is 5.43 Å². The third-order valence-electron chi connectivity index (χ3n) is 1.55. The lowest BCUT2D eigenvalue weighted by atomic mass is 10.2. The minimum atomic E-state index is -0.305. The van der Waals surface area contributed by atoms with Gasteiger partial charge in [0, 0.05) is 5.56 Å². The fourth-order valence-corrected chi connectivity index (χ4v) is 1.63. The zero-order valence-electron chi connectivity index (χ0n) is 7.00. The standard InChI is InChI=1S/C8H9IN2O2/c1-13-7-3-2-5(4-6(7)9)8(12)11-10/h2-4H,10H2,1H3,(H,11,12). The summed E-state index contributed by atoms with van der Waals surface area (Å²) in [5, 5.41) is 0. The summed E-state index contributed by atoms with van der Waals surface area (Å²) < 4.78 is 5.92. The number of nitrogens with one attached hydrogen (secondary N) is 1. The highest BCUT2D eigenvalue weighted by atomic mass is 127. The van der Waals surface area contributed by atoms with Crippen molar-refractivity contribution in [3.05, 3.63) is 27.3 Å². The molecule has 0 saturated heterocycles. The maximum absolute atomic E-state index is 11.1. The predicted molar refractivity (Wildman–Crippen MR) is 57.4 cm³/mol. The van der Waals surface area contributed by atoms with Gasteiger partial charge in [-0.1, -0.05) is 0 Å². The Morgan fingerprint density at radius 3 is 2.77 bits per heavy atom. The summed E-state index contributed by atoms with van der Waals surface area (Å²) in [6.45, 7) is 0. The molecule has 70 valence electrons. The molecule has 1 aromatic carbocycles. The smallest absolute Gasteiger partial charge is 0.265 e. The normalized spacial score (nSPS) is 9.46. The number of rotatable bonds is 2. The van der Waals surface area contributed by atoms with Crippen LogP contribution in [0.1, 0.15) is 10.4 Å². The minimum absolute atomic E-state index is 0.305. The highest BCUT2D eigenvalue weighted by molar-refractivity contribution is 14.1. The van der Waals surface area contributed by atoms with Gasteiger partial charge in [0.2, 0.25) is 0 Å². The van der Waals surface area contributed by atoms with Gasteiger partial charge in [0.1, 0.15) is 5.75 Å². The Kier molecular flexibility index (Phi) is 3.49. The number of nitrogen functional groups attached to an aromatic ring is 1. The predicted octanol–water partition coefficient (Wildman–Crippen LogP) is 0.903. The molecule has 0 aliphatic rings. The van der Waals surface area contributed by atoms with E-state index in [-0.39, 0.29) is 5.91 Å². The van der Waals surface area contributed by atoms with Gasteiger partial charge in [-0.05, 0) is 40.8 Å². The minimum Gasteiger partial charge on any atom is -0.496 e. The van der Waals surface area contributed by atoms with E-state index in [1.54, 1.807) is 25.3 Å². The number of carbonyl (C=O) groups excluding carboxylic acids is 1. The Balaban J connectivity index is 3.02. The average Bonchev–Trinajstić information content (AvgIpc) is 2.16. The van der Waals surface area contributed by atoms with Gasteiger partial charge in [0.05, 0.1) is 10.7 Å². The molecule has 0 heterocycles. The van der Waals surface area contributed by atoms with E-state index in [2.05, 4.69) is 28.0 Å². The van der Waals surface area contributed by atoms with Crippen molar-refractivity contribution in [3.63, 3.8) is 0 Å². The van der Waals surface area contributed by atoms with E-state index in [1.807, 2.05) is 0 Å². The lowest BCUT2D eigenvalue weighted by Gasteiger charge is -2.04. The molecule has 0 spiro atoms. The summed E-state index contributed by atoms with van der Waals surface area (Å²) >= 11 is 2.09. The van der Waals surface area contributed by atoms with Crippen LogP contribution >= 0.6 is 22.6 Å². The van der Waals surface area contributed by atoms with E-state index in [0.717, 1.165) is 9.32 Å². The van der Waals surface area contributed by atoms with Gasteiger partial charge in [-0.3, -0.25) is 10.2 Å². The first kappa shape index (κ1) is 10.3. The first-order valence-corrected chi connectivity index (χ1v) is 4.61. The third kappa shape index (κ3) is 2.31. The molecular formula is C8H9IN2O2. The van der Waals surface area contributed by atoms with Gasteiger partial charge in [0.25, 0.3) is 5.91 Å². The van der Waals surface area contributed by atoms with Crippen molar-refractivity contribution in [3.8, 4) is 5.75 Å². The Morgan fingerprint density at radius 2 is 2.31 bits per heavy atom. The number of hydrogen-bond acceptors (Lipinski definition) is 3. The summed E-state index contributed by atoms with van der Waals surface area (Å²) in [4.78, 5) is 11.1. The Bertz CT molecular complexity index is 328. The average molecular weight is 292 g/mol. The van der Waals surface area contributed by atoms with Crippen molar-refractivity contribution >= 4 is 28.5 Å². The molecule has 0 bridgehead atoms. The number of methoxy groups -OCH3 is 1. The highest BCUT2D eigenvalue weighted by Crippen LogP contribution is 2.21. The molecule has 4 nitrogen and oxygen atoms in total. The molecular weight excluding hydrogens is 283 g/mol. The molecule has 1 amide bonds. The van der Waals surface area contributed by atoms with Crippen molar-refractivity contribution in [2.75, 3.05) is 7.11 Å². The molecule has 0 aliphatic carbocycles. The van der Waals surface area contributed by atoms with E-state index < -0.39 is 0 Å². The van der Waals surface area contributed by atoms with E-state index in [1.165, 1.54) is 0 Å². The van der Waals surface area contributed by atoms with Gasteiger partial charge < -0.3 is 4.74 Å². The maximum atomic E-state index is 11.1. The second-order valence-corrected chi connectivity index (χ2v) is 3.48. The van der Waals surface area contributed by atoms with Crippen LogP contribution in [0, 0.1) is 3.57 Å². The Morgan fingerprint density at radius 1 is 1.62 bits per heavy atom. The molecule has 0 fully saturated rings. The van der Waals surface area contributed by atoms with Crippen molar-refractivity contribution < 1.29 is 9.53 Å². The lowest BCUT2D eigenvalue weighted by Crippen LogP contribution is -2.29. The van der Waals surface area contributed by atoms with Crippen LogP contribution in [0.25, 0.3) is 0 Å². The Labute approximate surface area is 89.6 Å². The highest BCUT2D eigenvalue weighted by Gasteiger charge is 2.06. The molecule has 5 heteroatoms. The van der Waals surface area contributed by atoms with E-state index in [4.69, 9.17) is 10.6 Å². The van der Waals surface area contributed by atoms with E-state index >= 15 is 0 Å². The van der Waals surface area contributed by atoms with Crippen LogP contribution in [0.5, 0.6) is 5.75 Å². The molecule has 0 unspecified atom stereocenters. The second kappa shape index (κ2) is 4.43. The van der Waals surface area contributed by atoms with Crippen molar-refractivity contribution in [1.29, 1.82) is 0 Å². The number of hydrogen-bond donors (Lipinski definition) is 2. The zero-order valence-corrected chi connectivity index (χ0v) is 9.16. The van der Waals surface area contributed by atoms with Gasteiger partial charge >= 0.3 is 0 Å². The van der Waals surface area contributed by atoms with Crippen LogP contribution in [0.3, 0.4) is 0 Å². The number of ether oxygens (including phenoxy) is 1. The van der Waals surface area contributed by atoms with E-state index in [9.17, 15) is 4.79 Å². The molecule has 0 radical (unpaired) electrons. The molecule has 0 atom stereocenters. The molecule has 1 aromatic rings. The largest absolute Gasteiger partial charge is 0.496 e. The lowest BCUT2D eigenvalue weighted by molar-refractivity contribution is 0.0953. The summed E-state index contributed by atoms with van der Waals surface area (Å²) in [6.07, 6.45) is 0. The van der Waals surface area contributed by atoms with E-state index in [0.29, 0.717) is 5.56 Å². The van der Waals surface area contributed by atoms with Crippen LogP contribution in [0.4, 0.5) is 0 Å². The SMILES string of the molecule is COc1ccc(C(=O)NN)cc1I. The second-order valence-electron chi connectivity index (χ2n) is 2.32. The number of benzene rings is 1. The number of hydrazine groups is 1. The summed E-state index contributed by atoms with van der Waals surface area (Å²) in [6, 6.07) is 5.09. The van der Waals surface area contributed by atoms with Gasteiger partial charge in [0.15, 0.2) is 0 Å². The summed E-state index contributed by atoms with van der Waals surface area (Å²) in [7, 11) is 1.58. The fraction of sp³-hybridized carbons (Fsp3) is 0.125. The van der Waals surface area contributed by atoms with Crippen molar-refractivity contribution in [2.45, 2.75) is 0 Å². The van der Waals surface area contributed by atoms with Gasteiger partial charge in [-0.2, -0.15) is 0 Å². The maximum Gasteiger partial charge on any atom is 0.265 e. The quantitative estimate of drug-likeness (QED) is 0.368. The third-order valence-corrected chi connectivity index (χ3v) is 2.39. The molecule has 1 rings (SSSR count). The topological polar surface area (TPSA) is 64.3 Å². The summed E-state index contributed by atoms with van der Waals surface area (Å²) in [5.41, 5.74) is 2.58. The molecule has 0 aromatic heterocycles. The van der Waals surface area contributed by atoms with Crippen LogP contribution < -0.4 is 16.0 Å². The van der Waals surface area contributed by atoms with Crippen LogP contribution in [-0.4, -0.2) is 13.0 Å². The van der Waals surface area contributed by atoms with Gasteiger partial charge in [-0.25, -0.2) is 5.84 Å². The number of amides is 1. The Hall–Kier alpha value is -0.820. The zero-order chi connectivity index (χ0) is 9.84. The number of nitrogens with two attached hydrogens (primary N) is 1. The van der Waals surface area contributed by atoms with Gasteiger partial charge in [-0.15, -0.1) is 0 Å². The summed E-state index contributed by atoms with van der Waals surface area (Å²) in [5.74, 6) is 5.43. The molecule has 3 N–H and O–H groups in total. The molecule has 13 heavy (non-hydrogen) atoms.